The Kier molecular flexibility index (Phi) is 3.76. The Morgan fingerprint density at radius 1 is 1.10 bits per heavy atom. The molecule has 0 atom stereocenters. The third kappa shape index (κ3) is 2.98. The smallest absolute Gasteiger partial charge is 0.337 e. The average molecular weight is 281 g/mol. The molecule has 0 saturated carbocycles. The number of fused-ring (bicyclic) bond motifs is 1. The van der Waals surface area contributed by atoms with Gasteiger partial charge in [-0.1, -0.05) is 35.9 Å². The molecule has 3 rings (SSSR count). The maximum Gasteiger partial charge on any atom is 0.337 e. The number of nitrogens with zero attached hydrogens (tertiary/aromatic N) is 1. The molecule has 0 aliphatic carbocycles. The minimum atomic E-state index is -0.269. The molecule has 0 bridgehead atoms. The first-order chi connectivity index (χ1) is 10.2. The van der Waals surface area contributed by atoms with Gasteiger partial charge in [-0.3, -0.25) is 4.90 Å². The number of rotatable bonds is 3. The Bertz CT molecular complexity index is 661. The predicted molar refractivity (Wildman–Crippen MR) is 81.9 cm³/mol. The monoisotopic (exact) mass is 281 g/mol. The molecule has 2 aromatic carbocycles. The summed E-state index contributed by atoms with van der Waals surface area (Å²) in [6, 6.07) is 14.5. The molecule has 108 valence electrons. The van der Waals surface area contributed by atoms with Gasteiger partial charge in [0.2, 0.25) is 0 Å². The summed E-state index contributed by atoms with van der Waals surface area (Å²) < 4.78 is 4.78. The highest BCUT2D eigenvalue weighted by Crippen LogP contribution is 2.25. The van der Waals surface area contributed by atoms with E-state index in [1.54, 1.807) is 0 Å². The van der Waals surface area contributed by atoms with Crippen LogP contribution in [0.2, 0.25) is 0 Å². The van der Waals surface area contributed by atoms with Gasteiger partial charge in [0.25, 0.3) is 0 Å². The molecule has 0 amide bonds. The number of benzene rings is 2. The molecule has 0 saturated heterocycles. The first-order valence-electron chi connectivity index (χ1n) is 7.14. The molecule has 3 nitrogen and oxygen atoms in total. The zero-order valence-corrected chi connectivity index (χ0v) is 12.4. The van der Waals surface area contributed by atoms with Gasteiger partial charge in [-0.25, -0.2) is 4.79 Å². The SMILES string of the molecule is COC(=O)c1ccc2c(c1)CN(Cc1ccc(C)cc1)C2. The van der Waals surface area contributed by atoms with Crippen molar-refractivity contribution in [2.45, 2.75) is 26.6 Å². The van der Waals surface area contributed by atoms with E-state index >= 15 is 0 Å². The molecule has 2 aromatic rings. The van der Waals surface area contributed by atoms with Crippen LogP contribution in [-0.4, -0.2) is 18.0 Å². The van der Waals surface area contributed by atoms with Crippen LogP contribution < -0.4 is 0 Å². The standard InChI is InChI=1S/C18H19NO2/c1-13-3-5-14(6-4-13)10-19-11-16-8-7-15(18(20)21-2)9-17(16)12-19/h3-9H,10-12H2,1-2H3. The molecule has 1 heterocycles. The van der Waals surface area contributed by atoms with Crippen molar-refractivity contribution in [1.82, 2.24) is 4.90 Å². The third-order valence-electron chi connectivity index (χ3n) is 3.94. The summed E-state index contributed by atoms with van der Waals surface area (Å²) in [6.07, 6.45) is 0. The van der Waals surface area contributed by atoms with Gasteiger partial charge < -0.3 is 4.74 Å². The molecular weight excluding hydrogens is 262 g/mol. The van der Waals surface area contributed by atoms with Crippen molar-refractivity contribution in [3.63, 3.8) is 0 Å². The first-order valence-corrected chi connectivity index (χ1v) is 7.14. The second-order valence-corrected chi connectivity index (χ2v) is 5.61. The van der Waals surface area contributed by atoms with E-state index in [1.165, 1.54) is 29.4 Å². The summed E-state index contributed by atoms with van der Waals surface area (Å²) in [6.45, 7) is 4.85. The molecule has 0 aromatic heterocycles. The highest BCUT2D eigenvalue weighted by molar-refractivity contribution is 5.89. The molecule has 0 radical (unpaired) electrons. The van der Waals surface area contributed by atoms with E-state index in [2.05, 4.69) is 36.1 Å². The first kappa shape index (κ1) is 13.8. The number of hydrogen-bond donors (Lipinski definition) is 0. The van der Waals surface area contributed by atoms with Gasteiger partial charge in [-0.2, -0.15) is 0 Å². The quantitative estimate of drug-likeness (QED) is 0.808. The summed E-state index contributed by atoms with van der Waals surface area (Å²) in [5.74, 6) is -0.269. The van der Waals surface area contributed by atoms with Crippen LogP contribution in [0.5, 0.6) is 0 Å². The van der Waals surface area contributed by atoms with E-state index in [-0.39, 0.29) is 5.97 Å². The van der Waals surface area contributed by atoms with Crippen LogP contribution >= 0.6 is 0 Å². The van der Waals surface area contributed by atoms with Gasteiger partial charge >= 0.3 is 5.97 Å². The van der Waals surface area contributed by atoms with Crippen LogP contribution in [0.1, 0.15) is 32.6 Å². The zero-order valence-electron chi connectivity index (χ0n) is 12.4. The summed E-state index contributed by atoms with van der Waals surface area (Å²) in [5, 5.41) is 0. The summed E-state index contributed by atoms with van der Waals surface area (Å²) in [5.41, 5.74) is 5.76. The van der Waals surface area contributed by atoms with Gasteiger partial charge in [0.05, 0.1) is 12.7 Å². The van der Waals surface area contributed by atoms with Crippen molar-refractivity contribution < 1.29 is 9.53 Å². The van der Waals surface area contributed by atoms with Gasteiger partial charge in [0.1, 0.15) is 0 Å². The van der Waals surface area contributed by atoms with E-state index in [0.717, 1.165) is 19.6 Å². The number of carbonyl (C=O) groups is 1. The van der Waals surface area contributed by atoms with E-state index in [1.807, 2.05) is 18.2 Å². The fourth-order valence-corrected chi connectivity index (χ4v) is 2.77. The highest BCUT2D eigenvalue weighted by Gasteiger charge is 2.20. The Balaban J connectivity index is 1.72. The summed E-state index contributed by atoms with van der Waals surface area (Å²) >= 11 is 0. The van der Waals surface area contributed by atoms with Gasteiger partial charge in [-0.05, 0) is 35.7 Å². The van der Waals surface area contributed by atoms with Crippen LogP contribution in [0.15, 0.2) is 42.5 Å². The Morgan fingerprint density at radius 3 is 2.52 bits per heavy atom. The van der Waals surface area contributed by atoms with Crippen molar-refractivity contribution in [2.75, 3.05) is 7.11 Å². The summed E-state index contributed by atoms with van der Waals surface area (Å²) in [4.78, 5) is 14.0. The lowest BCUT2D eigenvalue weighted by Crippen LogP contribution is -2.15. The van der Waals surface area contributed by atoms with Crippen molar-refractivity contribution in [3.8, 4) is 0 Å². The van der Waals surface area contributed by atoms with E-state index < -0.39 is 0 Å². The Morgan fingerprint density at radius 2 is 1.81 bits per heavy atom. The number of methoxy groups -OCH3 is 1. The lowest BCUT2D eigenvalue weighted by molar-refractivity contribution is 0.0600. The van der Waals surface area contributed by atoms with E-state index in [4.69, 9.17) is 4.74 Å². The van der Waals surface area contributed by atoms with Crippen LogP contribution in [0.25, 0.3) is 0 Å². The van der Waals surface area contributed by atoms with Crippen LogP contribution in [-0.2, 0) is 24.4 Å². The largest absolute Gasteiger partial charge is 0.465 e. The van der Waals surface area contributed by atoms with Crippen molar-refractivity contribution in [2.24, 2.45) is 0 Å². The highest BCUT2D eigenvalue weighted by atomic mass is 16.5. The number of ether oxygens (including phenoxy) is 1. The Labute approximate surface area is 125 Å². The number of carbonyl (C=O) groups excluding carboxylic acids is 1. The minimum Gasteiger partial charge on any atom is -0.465 e. The molecule has 0 fully saturated rings. The lowest BCUT2D eigenvalue weighted by Gasteiger charge is -2.14. The Hall–Kier alpha value is -2.13. The fourth-order valence-electron chi connectivity index (χ4n) is 2.77. The molecule has 21 heavy (non-hydrogen) atoms. The average Bonchev–Trinajstić information content (AvgIpc) is 2.90. The number of esters is 1. The molecule has 0 spiro atoms. The van der Waals surface area contributed by atoms with Gasteiger partial charge in [0, 0.05) is 19.6 Å². The zero-order chi connectivity index (χ0) is 14.8. The molecule has 1 aliphatic heterocycles. The summed E-state index contributed by atoms with van der Waals surface area (Å²) in [7, 11) is 1.42. The van der Waals surface area contributed by atoms with Crippen LogP contribution in [0, 0.1) is 6.92 Å². The second kappa shape index (κ2) is 5.70. The van der Waals surface area contributed by atoms with Crippen molar-refractivity contribution in [1.29, 1.82) is 0 Å². The lowest BCUT2D eigenvalue weighted by atomic mass is 10.1. The normalized spacial score (nSPS) is 14.0. The molecule has 3 heteroatoms. The molecular formula is C18H19NO2. The maximum absolute atomic E-state index is 11.6. The van der Waals surface area contributed by atoms with E-state index in [0.29, 0.717) is 5.56 Å². The fraction of sp³-hybridized carbons (Fsp3) is 0.278. The minimum absolute atomic E-state index is 0.269. The van der Waals surface area contributed by atoms with Gasteiger partial charge in [-0.15, -0.1) is 0 Å². The number of hydrogen-bond acceptors (Lipinski definition) is 3. The van der Waals surface area contributed by atoms with Crippen molar-refractivity contribution in [3.05, 3.63) is 70.3 Å². The molecule has 0 N–H and O–H groups in total. The molecule has 1 aliphatic rings. The van der Waals surface area contributed by atoms with Crippen molar-refractivity contribution >= 4 is 5.97 Å². The van der Waals surface area contributed by atoms with Crippen LogP contribution in [0.3, 0.4) is 0 Å². The second-order valence-electron chi connectivity index (χ2n) is 5.61. The molecule has 0 unspecified atom stereocenters. The number of aryl methyl sites for hydroxylation is 1. The predicted octanol–water partition coefficient (Wildman–Crippen LogP) is 3.30. The van der Waals surface area contributed by atoms with Crippen LogP contribution in [0.4, 0.5) is 0 Å². The topological polar surface area (TPSA) is 29.5 Å². The van der Waals surface area contributed by atoms with Gasteiger partial charge in [0.15, 0.2) is 0 Å². The maximum atomic E-state index is 11.6. The third-order valence-corrected chi connectivity index (χ3v) is 3.94. The van der Waals surface area contributed by atoms with E-state index in [9.17, 15) is 4.79 Å².